The van der Waals surface area contributed by atoms with Crippen molar-refractivity contribution in [2.24, 2.45) is 0 Å². The van der Waals surface area contributed by atoms with Crippen LogP contribution in [-0.2, 0) is 15.7 Å². The number of alkyl halides is 3. The molecule has 0 fully saturated rings. The van der Waals surface area contributed by atoms with E-state index in [2.05, 4.69) is 20.3 Å². The van der Waals surface area contributed by atoms with Gasteiger partial charge in [-0.15, -0.1) is 10.2 Å². The standard InChI is InChI=1S/C8H8F3N3O2S/c1-12-3-4(6(15)16-2)5-13-14-7(17-5)8(9,10)11/h3,12H,1-2H3. The summed E-state index contributed by atoms with van der Waals surface area (Å²) in [5, 5.41) is 7.54. The van der Waals surface area contributed by atoms with Crippen molar-refractivity contribution >= 4 is 22.9 Å². The molecule has 0 aliphatic rings. The van der Waals surface area contributed by atoms with Crippen LogP contribution in [0.1, 0.15) is 10.0 Å². The second-order valence-corrected chi connectivity index (χ2v) is 3.73. The average molecular weight is 267 g/mol. The van der Waals surface area contributed by atoms with Gasteiger partial charge in [-0.25, -0.2) is 4.79 Å². The van der Waals surface area contributed by atoms with E-state index in [1.807, 2.05) is 0 Å². The molecule has 5 nitrogen and oxygen atoms in total. The number of ether oxygens (including phenoxy) is 1. The van der Waals surface area contributed by atoms with E-state index in [4.69, 9.17) is 0 Å². The Balaban J connectivity index is 3.09. The fourth-order valence-corrected chi connectivity index (χ4v) is 1.62. The summed E-state index contributed by atoms with van der Waals surface area (Å²) in [6.07, 6.45) is -3.37. The van der Waals surface area contributed by atoms with Gasteiger partial charge in [0.1, 0.15) is 5.57 Å². The molecule has 0 unspecified atom stereocenters. The van der Waals surface area contributed by atoms with E-state index < -0.39 is 17.2 Å². The minimum atomic E-state index is -4.57. The molecule has 94 valence electrons. The Morgan fingerprint density at radius 3 is 2.53 bits per heavy atom. The first-order chi connectivity index (χ1) is 7.90. The minimum absolute atomic E-state index is 0.108. The van der Waals surface area contributed by atoms with E-state index in [0.717, 1.165) is 7.11 Å². The van der Waals surface area contributed by atoms with Crippen molar-refractivity contribution in [1.29, 1.82) is 0 Å². The Morgan fingerprint density at radius 2 is 2.12 bits per heavy atom. The maximum Gasteiger partial charge on any atom is 0.445 e. The van der Waals surface area contributed by atoms with E-state index in [1.165, 1.54) is 13.2 Å². The number of carbonyl (C=O) groups is 1. The van der Waals surface area contributed by atoms with Crippen LogP contribution in [0.3, 0.4) is 0 Å². The van der Waals surface area contributed by atoms with Gasteiger partial charge in [-0.3, -0.25) is 0 Å². The zero-order chi connectivity index (χ0) is 13.1. The lowest BCUT2D eigenvalue weighted by Crippen LogP contribution is -2.07. The molecule has 0 saturated carbocycles. The Labute approximate surface area is 98.3 Å². The molecule has 9 heteroatoms. The summed E-state index contributed by atoms with van der Waals surface area (Å²) in [5.41, 5.74) is -0.108. The summed E-state index contributed by atoms with van der Waals surface area (Å²) in [5.74, 6) is -0.788. The van der Waals surface area contributed by atoms with Gasteiger partial charge in [0.25, 0.3) is 0 Å². The van der Waals surface area contributed by atoms with Crippen LogP contribution in [0.2, 0.25) is 0 Å². The summed E-state index contributed by atoms with van der Waals surface area (Å²) >= 11 is 0.275. The predicted octanol–water partition coefficient (Wildman–Crippen LogP) is 1.29. The van der Waals surface area contributed by atoms with Gasteiger partial charge in [-0.05, 0) is 0 Å². The molecule has 1 N–H and O–H groups in total. The molecule has 17 heavy (non-hydrogen) atoms. The Morgan fingerprint density at radius 1 is 1.47 bits per heavy atom. The monoisotopic (exact) mass is 267 g/mol. The van der Waals surface area contributed by atoms with Crippen molar-refractivity contribution in [2.75, 3.05) is 14.2 Å². The number of aromatic nitrogens is 2. The van der Waals surface area contributed by atoms with Gasteiger partial charge in [0, 0.05) is 13.2 Å². The fourth-order valence-electron chi connectivity index (χ4n) is 0.909. The van der Waals surface area contributed by atoms with Gasteiger partial charge >= 0.3 is 12.1 Å². The molecule has 1 heterocycles. The molecule has 0 bridgehead atoms. The largest absolute Gasteiger partial charge is 0.465 e. The topological polar surface area (TPSA) is 64.1 Å². The van der Waals surface area contributed by atoms with Gasteiger partial charge in [0.2, 0.25) is 5.01 Å². The zero-order valence-corrected chi connectivity index (χ0v) is 9.65. The van der Waals surface area contributed by atoms with Crippen LogP contribution >= 0.6 is 11.3 Å². The van der Waals surface area contributed by atoms with E-state index in [-0.39, 0.29) is 21.9 Å². The van der Waals surface area contributed by atoms with Crippen molar-refractivity contribution < 1.29 is 22.7 Å². The quantitative estimate of drug-likeness (QED) is 0.660. The van der Waals surface area contributed by atoms with Crippen LogP contribution in [0, 0.1) is 0 Å². The average Bonchev–Trinajstić information content (AvgIpc) is 2.73. The highest BCUT2D eigenvalue weighted by Gasteiger charge is 2.36. The first-order valence-electron chi connectivity index (χ1n) is 4.27. The molecule has 0 atom stereocenters. The lowest BCUT2D eigenvalue weighted by molar-refractivity contribution is -0.138. The summed E-state index contributed by atoms with van der Waals surface area (Å²) in [6, 6.07) is 0. The third-order valence-electron chi connectivity index (χ3n) is 1.59. The summed E-state index contributed by atoms with van der Waals surface area (Å²) in [6.45, 7) is 0. The van der Waals surface area contributed by atoms with Gasteiger partial charge < -0.3 is 10.1 Å². The van der Waals surface area contributed by atoms with E-state index >= 15 is 0 Å². The number of nitrogens with zero attached hydrogens (tertiary/aromatic N) is 2. The fraction of sp³-hybridized carbons (Fsp3) is 0.375. The lowest BCUT2D eigenvalue weighted by atomic mass is 10.3. The minimum Gasteiger partial charge on any atom is -0.465 e. The normalized spacial score (nSPS) is 12.4. The second kappa shape index (κ2) is 5.13. The van der Waals surface area contributed by atoms with Gasteiger partial charge in [-0.1, -0.05) is 11.3 Å². The van der Waals surface area contributed by atoms with E-state index in [0.29, 0.717) is 0 Å². The van der Waals surface area contributed by atoms with Crippen LogP contribution in [0.5, 0.6) is 0 Å². The van der Waals surface area contributed by atoms with E-state index in [9.17, 15) is 18.0 Å². The third kappa shape index (κ3) is 3.16. The first kappa shape index (κ1) is 13.4. The number of carbonyl (C=O) groups excluding carboxylic acids is 1. The molecular weight excluding hydrogens is 259 g/mol. The highest BCUT2D eigenvalue weighted by atomic mass is 32.1. The number of esters is 1. The molecule has 0 radical (unpaired) electrons. The van der Waals surface area contributed by atoms with Crippen molar-refractivity contribution in [2.45, 2.75) is 6.18 Å². The Kier molecular flexibility index (Phi) is 4.05. The second-order valence-electron chi connectivity index (χ2n) is 2.75. The van der Waals surface area contributed by atoms with Gasteiger partial charge in [-0.2, -0.15) is 13.2 Å². The zero-order valence-electron chi connectivity index (χ0n) is 8.83. The molecule has 1 aromatic rings. The molecule has 0 saturated heterocycles. The summed E-state index contributed by atoms with van der Waals surface area (Å²) < 4.78 is 41.3. The van der Waals surface area contributed by atoms with Crippen molar-refractivity contribution in [3.63, 3.8) is 0 Å². The molecule has 0 spiro atoms. The van der Waals surface area contributed by atoms with Crippen molar-refractivity contribution in [1.82, 2.24) is 15.5 Å². The Bertz CT molecular complexity index is 441. The van der Waals surface area contributed by atoms with Crippen molar-refractivity contribution in [3.8, 4) is 0 Å². The van der Waals surface area contributed by atoms with Crippen molar-refractivity contribution in [3.05, 3.63) is 16.2 Å². The van der Waals surface area contributed by atoms with Gasteiger partial charge in [0.05, 0.1) is 7.11 Å². The Hall–Kier alpha value is -1.64. The first-order valence-corrected chi connectivity index (χ1v) is 5.08. The summed E-state index contributed by atoms with van der Waals surface area (Å²) in [4.78, 5) is 11.3. The smallest absolute Gasteiger partial charge is 0.445 e. The number of methoxy groups -OCH3 is 1. The molecule has 1 aromatic heterocycles. The third-order valence-corrected chi connectivity index (χ3v) is 2.59. The summed E-state index contributed by atoms with van der Waals surface area (Å²) in [7, 11) is 2.62. The SMILES string of the molecule is CNC=C(C(=O)OC)c1nnc(C(F)(F)F)s1. The van der Waals surface area contributed by atoms with Crippen LogP contribution in [0.25, 0.3) is 5.57 Å². The van der Waals surface area contributed by atoms with Crippen LogP contribution in [0.4, 0.5) is 13.2 Å². The van der Waals surface area contributed by atoms with Crippen LogP contribution in [0.15, 0.2) is 6.20 Å². The molecule has 0 aliphatic heterocycles. The molecule has 0 aromatic carbocycles. The van der Waals surface area contributed by atoms with Crippen LogP contribution in [-0.4, -0.2) is 30.3 Å². The van der Waals surface area contributed by atoms with Gasteiger partial charge in [0.15, 0.2) is 5.01 Å². The maximum absolute atomic E-state index is 12.3. The highest BCUT2D eigenvalue weighted by molar-refractivity contribution is 7.12. The lowest BCUT2D eigenvalue weighted by Gasteiger charge is -2.01. The van der Waals surface area contributed by atoms with Crippen LogP contribution < -0.4 is 5.32 Å². The number of halogens is 3. The molecular formula is C8H8F3N3O2S. The maximum atomic E-state index is 12.3. The molecule has 0 amide bonds. The number of hydrogen-bond donors (Lipinski definition) is 1. The molecule has 1 rings (SSSR count). The van der Waals surface area contributed by atoms with E-state index in [1.54, 1.807) is 0 Å². The highest BCUT2D eigenvalue weighted by Crippen LogP contribution is 2.33. The number of rotatable bonds is 3. The predicted molar refractivity (Wildman–Crippen MR) is 54.0 cm³/mol. The number of nitrogens with one attached hydrogen (secondary N) is 1. The number of hydrogen-bond acceptors (Lipinski definition) is 6. The molecule has 0 aliphatic carbocycles.